The molecule has 2 bridgehead atoms. The molecule has 0 N–H and O–H groups in total. The van der Waals surface area contributed by atoms with Crippen LogP contribution < -0.4 is 0 Å². The molecule has 4 rings (SSSR count). The van der Waals surface area contributed by atoms with Crippen molar-refractivity contribution in [1.29, 1.82) is 0 Å². The molecule has 3 aliphatic rings. The van der Waals surface area contributed by atoms with E-state index in [0.29, 0.717) is 17.6 Å². The van der Waals surface area contributed by atoms with Gasteiger partial charge in [0.15, 0.2) is 11.6 Å². The van der Waals surface area contributed by atoms with Crippen molar-refractivity contribution < 1.29 is 9.59 Å². The molecule has 0 saturated heterocycles. The molecule has 128 valence electrons. The monoisotopic (exact) mass is 324 g/mol. The molecule has 0 spiro atoms. The van der Waals surface area contributed by atoms with E-state index in [9.17, 15) is 9.59 Å². The van der Waals surface area contributed by atoms with Crippen molar-refractivity contribution in [2.24, 2.45) is 23.7 Å². The number of hydrogen-bond acceptors (Lipinski definition) is 2. The second-order valence-corrected chi connectivity index (χ2v) is 8.12. The Morgan fingerprint density at radius 1 is 0.917 bits per heavy atom. The van der Waals surface area contributed by atoms with Gasteiger partial charge < -0.3 is 0 Å². The summed E-state index contributed by atoms with van der Waals surface area (Å²) in [7, 11) is 0. The summed E-state index contributed by atoms with van der Waals surface area (Å²) in [4.78, 5) is 26.3. The zero-order valence-electron chi connectivity index (χ0n) is 14.7. The summed E-state index contributed by atoms with van der Waals surface area (Å²) in [6.45, 7) is 2.23. The Morgan fingerprint density at radius 2 is 1.62 bits per heavy atom. The number of fused-ring (bicyclic) bond motifs is 6. The van der Waals surface area contributed by atoms with Gasteiger partial charge in [0.2, 0.25) is 0 Å². The first-order valence-corrected chi connectivity index (χ1v) is 9.92. The number of Topliss-reactive ketones (excluding diaryl/α,β-unsaturated/α-hetero) is 2. The standard InChI is InChI=1S/C22H28O2/c1-2-3-4-5-6-8-14-9-7-10-17-18(14)22(24)20-16-12-11-15(13-16)19(20)21(17)23/h7,9-10,15-16,19-20H,2-6,8,11-13H2,1H3. The van der Waals surface area contributed by atoms with E-state index in [0.717, 1.165) is 48.8 Å². The molecule has 0 heterocycles. The number of carbonyl (C=O) groups is 2. The van der Waals surface area contributed by atoms with Gasteiger partial charge in [-0.2, -0.15) is 0 Å². The van der Waals surface area contributed by atoms with E-state index < -0.39 is 0 Å². The SMILES string of the molecule is CCCCCCCc1cccc2c1C(=O)C1C3CCC(C3)C1C2=O. The molecule has 0 radical (unpaired) electrons. The fourth-order valence-electron chi connectivity index (χ4n) is 5.62. The smallest absolute Gasteiger partial charge is 0.167 e. The first-order chi connectivity index (χ1) is 11.7. The van der Waals surface area contributed by atoms with Gasteiger partial charge in [0.1, 0.15) is 0 Å². The third-order valence-corrected chi connectivity index (χ3v) is 6.73. The van der Waals surface area contributed by atoms with Crippen molar-refractivity contribution in [3.8, 4) is 0 Å². The number of hydrogen-bond donors (Lipinski definition) is 0. The summed E-state index contributed by atoms with van der Waals surface area (Å²) < 4.78 is 0. The van der Waals surface area contributed by atoms with Gasteiger partial charge in [-0.05, 0) is 49.5 Å². The van der Waals surface area contributed by atoms with Crippen LogP contribution in [0.4, 0.5) is 0 Å². The van der Waals surface area contributed by atoms with Crippen molar-refractivity contribution in [3.63, 3.8) is 0 Å². The van der Waals surface area contributed by atoms with E-state index in [1.807, 2.05) is 12.1 Å². The summed E-state index contributed by atoms with van der Waals surface area (Å²) in [5.74, 6) is 1.53. The van der Waals surface area contributed by atoms with E-state index >= 15 is 0 Å². The average Bonchev–Trinajstić information content (AvgIpc) is 3.21. The van der Waals surface area contributed by atoms with Crippen LogP contribution >= 0.6 is 0 Å². The normalized spacial score (nSPS) is 30.5. The topological polar surface area (TPSA) is 34.1 Å². The minimum atomic E-state index is 0.00329. The third-order valence-electron chi connectivity index (χ3n) is 6.73. The summed E-state index contributed by atoms with van der Waals surface area (Å²) in [5.41, 5.74) is 2.66. The van der Waals surface area contributed by atoms with Gasteiger partial charge in [-0.15, -0.1) is 0 Å². The minimum Gasteiger partial charge on any atom is -0.294 e. The Morgan fingerprint density at radius 3 is 2.38 bits per heavy atom. The first kappa shape index (κ1) is 16.1. The predicted molar refractivity (Wildman–Crippen MR) is 95.4 cm³/mol. The van der Waals surface area contributed by atoms with Crippen LogP contribution in [0, 0.1) is 23.7 Å². The lowest BCUT2D eigenvalue weighted by atomic mass is 9.66. The quantitative estimate of drug-likeness (QED) is 0.670. The van der Waals surface area contributed by atoms with E-state index in [1.165, 1.54) is 25.7 Å². The maximum atomic E-state index is 13.2. The Balaban J connectivity index is 1.59. The van der Waals surface area contributed by atoms with Gasteiger partial charge in [-0.25, -0.2) is 0 Å². The molecule has 2 nitrogen and oxygen atoms in total. The number of carbonyl (C=O) groups excluding carboxylic acids is 2. The highest BCUT2D eigenvalue weighted by atomic mass is 16.1. The summed E-state index contributed by atoms with van der Waals surface area (Å²) in [6, 6.07) is 5.97. The number of ketones is 2. The molecule has 1 aromatic carbocycles. The van der Waals surface area contributed by atoms with E-state index in [1.54, 1.807) is 0 Å². The first-order valence-electron chi connectivity index (χ1n) is 9.92. The molecule has 4 atom stereocenters. The van der Waals surface area contributed by atoms with E-state index in [2.05, 4.69) is 13.0 Å². The van der Waals surface area contributed by atoms with Crippen LogP contribution in [0.1, 0.15) is 84.6 Å². The van der Waals surface area contributed by atoms with Crippen LogP contribution in [0.3, 0.4) is 0 Å². The lowest BCUT2D eigenvalue weighted by Gasteiger charge is -2.34. The largest absolute Gasteiger partial charge is 0.294 e. The van der Waals surface area contributed by atoms with Crippen molar-refractivity contribution >= 4 is 11.6 Å². The molecule has 24 heavy (non-hydrogen) atoms. The van der Waals surface area contributed by atoms with Gasteiger partial charge in [0, 0.05) is 23.0 Å². The zero-order valence-corrected chi connectivity index (χ0v) is 14.7. The van der Waals surface area contributed by atoms with Crippen LogP contribution in [0.25, 0.3) is 0 Å². The molecule has 1 aromatic rings. The highest BCUT2D eigenvalue weighted by Crippen LogP contribution is 2.56. The highest BCUT2D eigenvalue weighted by molar-refractivity contribution is 6.17. The molecule has 2 saturated carbocycles. The Bertz CT molecular complexity index is 660. The Kier molecular flexibility index (Phi) is 4.32. The molecule has 3 aliphatic carbocycles. The molecule has 0 aliphatic heterocycles. The van der Waals surface area contributed by atoms with E-state index in [-0.39, 0.29) is 17.6 Å². The van der Waals surface area contributed by atoms with Gasteiger partial charge in [0.05, 0.1) is 0 Å². The van der Waals surface area contributed by atoms with Gasteiger partial charge >= 0.3 is 0 Å². The van der Waals surface area contributed by atoms with Gasteiger partial charge in [-0.3, -0.25) is 9.59 Å². The summed E-state index contributed by atoms with van der Waals surface area (Å²) in [5, 5.41) is 0. The molecular formula is C22H28O2. The van der Waals surface area contributed by atoms with Crippen molar-refractivity contribution in [1.82, 2.24) is 0 Å². The zero-order chi connectivity index (χ0) is 16.7. The average molecular weight is 324 g/mol. The summed E-state index contributed by atoms with van der Waals surface area (Å²) >= 11 is 0. The van der Waals surface area contributed by atoms with Crippen LogP contribution in [0.5, 0.6) is 0 Å². The van der Waals surface area contributed by atoms with Crippen LogP contribution in [0.2, 0.25) is 0 Å². The summed E-state index contributed by atoms with van der Waals surface area (Å²) in [6.07, 6.45) is 10.5. The number of benzene rings is 1. The van der Waals surface area contributed by atoms with Crippen molar-refractivity contribution in [2.75, 3.05) is 0 Å². The van der Waals surface area contributed by atoms with E-state index in [4.69, 9.17) is 0 Å². The maximum Gasteiger partial charge on any atom is 0.167 e. The molecule has 4 unspecified atom stereocenters. The fourth-order valence-corrected chi connectivity index (χ4v) is 5.62. The highest BCUT2D eigenvalue weighted by Gasteiger charge is 2.56. The third kappa shape index (κ3) is 2.46. The second kappa shape index (κ2) is 6.46. The molecule has 0 aromatic heterocycles. The fraction of sp³-hybridized carbons (Fsp3) is 0.636. The maximum absolute atomic E-state index is 13.2. The Labute approximate surface area is 145 Å². The molecular weight excluding hydrogens is 296 g/mol. The molecule has 0 amide bonds. The molecule has 2 fully saturated rings. The van der Waals surface area contributed by atoms with Crippen molar-refractivity contribution in [3.05, 3.63) is 34.9 Å². The minimum absolute atomic E-state index is 0.00329. The van der Waals surface area contributed by atoms with Gasteiger partial charge in [-0.1, -0.05) is 50.8 Å². The number of rotatable bonds is 6. The Hall–Kier alpha value is -1.44. The van der Waals surface area contributed by atoms with Crippen LogP contribution in [0.15, 0.2) is 18.2 Å². The number of unbranched alkanes of at least 4 members (excludes halogenated alkanes) is 4. The lowest BCUT2D eigenvalue weighted by molar-refractivity contribution is 0.0660. The van der Waals surface area contributed by atoms with Crippen LogP contribution in [-0.2, 0) is 6.42 Å². The second-order valence-electron chi connectivity index (χ2n) is 8.12. The number of aryl methyl sites for hydroxylation is 1. The van der Waals surface area contributed by atoms with Gasteiger partial charge in [0.25, 0.3) is 0 Å². The van der Waals surface area contributed by atoms with Crippen molar-refractivity contribution in [2.45, 2.75) is 64.7 Å². The lowest BCUT2D eigenvalue weighted by Crippen LogP contribution is -2.40. The molecule has 2 heteroatoms. The van der Waals surface area contributed by atoms with Crippen LogP contribution in [-0.4, -0.2) is 11.6 Å². The predicted octanol–water partition coefficient (Wildman–Crippen LogP) is 5.24.